The zero-order chi connectivity index (χ0) is 10.7. The van der Waals surface area contributed by atoms with Crippen LogP contribution in [0.15, 0.2) is 59.1 Å². The number of rotatable bonds is 2. The highest BCUT2D eigenvalue weighted by Crippen LogP contribution is 2.26. The molecule has 2 N–H and O–H groups in total. The molecule has 0 amide bonds. The summed E-state index contributed by atoms with van der Waals surface area (Å²) < 4.78 is 1.06. The summed E-state index contributed by atoms with van der Waals surface area (Å²) in [6, 6.07) is 18.1. The van der Waals surface area contributed by atoms with Gasteiger partial charge < -0.3 is 5.73 Å². The third kappa shape index (κ3) is 2.28. The second-order valence-electron chi connectivity index (χ2n) is 3.41. The molecule has 0 fully saturated rings. The summed E-state index contributed by atoms with van der Waals surface area (Å²) in [4.78, 5) is 0. The lowest BCUT2D eigenvalue weighted by atomic mass is 10.00. The first-order chi connectivity index (χ1) is 7.29. The van der Waals surface area contributed by atoms with E-state index in [1.165, 1.54) is 0 Å². The average Bonchev–Trinajstić information content (AvgIpc) is 2.30. The van der Waals surface area contributed by atoms with E-state index >= 15 is 0 Å². The smallest absolute Gasteiger partial charge is 0.0562 e. The topological polar surface area (TPSA) is 26.0 Å². The summed E-state index contributed by atoms with van der Waals surface area (Å²) in [5, 5.41) is 0. The minimum atomic E-state index is -0.0678. The van der Waals surface area contributed by atoms with Crippen molar-refractivity contribution in [3.8, 4) is 0 Å². The van der Waals surface area contributed by atoms with Gasteiger partial charge in [-0.1, -0.05) is 64.5 Å². The number of hydrogen-bond donors (Lipinski definition) is 1. The van der Waals surface area contributed by atoms with Crippen LogP contribution >= 0.6 is 15.9 Å². The first-order valence-electron chi connectivity index (χ1n) is 4.84. The fourth-order valence-electron chi connectivity index (χ4n) is 1.57. The molecule has 1 nitrogen and oxygen atoms in total. The van der Waals surface area contributed by atoms with Gasteiger partial charge >= 0.3 is 0 Å². The molecule has 2 aromatic rings. The fourth-order valence-corrected chi connectivity index (χ4v) is 2.10. The molecule has 0 saturated carbocycles. The van der Waals surface area contributed by atoms with Gasteiger partial charge in [0.15, 0.2) is 0 Å². The molecule has 2 heteroatoms. The van der Waals surface area contributed by atoms with E-state index in [4.69, 9.17) is 5.73 Å². The largest absolute Gasteiger partial charge is 0.320 e. The van der Waals surface area contributed by atoms with Gasteiger partial charge in [0.05, 0.1) is 6.04 Å². The second kappa shape index (κ2) is 4.60. The van der Waals surface area contributed by atoms with Crippen LogP contribution in [0.2, 0.25) is 0 Å². The fraction of sp³-hybridized carbons (Fsp3) is 0.0769. The zero-order valence-electron chi connectivity index (χ0n) is 8.23. The molecular weight excluding hydrogens is 250 g/mol. The molecule has 0 heterocycles. The summed E-state index contributed by atoms with van der Waals surface area (Å²) in [6.45, 7) is 0. The highest BCUT2D eigenvalue weighted by molar-refractivity contribution is 9.10. The van der Waals surface area contributed by atoms with Gasteiger partial charge in [0, 0.05) is 4.47 Å². The van der Waals surface area contributed by atoms with Gasteiger partial charge in [-0.05, 0) is 17.2 Å². The summed E-state index contributed by atoms with van der Waals surface area (Å²) in [5.41, 5.74) is 8.43. The number of halogens is 1. The number of nitrogens with two attached hydrogens (primary N) is 1. The first-order valence-corrected chi connectivity index (χ1v) is 5.63. The highest BCUT2D eigenvalue weighted by Gasteiger charge is 2.10. The van der Waals surface area contributed by atoms with E-state index < -0.39 is 0 Å². The van der Waals surface area contributed by atoms with Crippen molar-refractivity contribution in [1.82, 2.24) is 0 Å². The van der Waals surface area contributed by atoms with Crippen LogP contribution in [0.25, 0.3) is 0 Å². The van der Waals surface area contributed by atoms with Crippen LogP contribution in [0.4, 0.5) is 0 Å². The number of benzene rings is 2. The standard InChI is InChI=1S/C13H12BrN/c14-12-9-5-4-8-11(12)13(15)10-6-2-1-3-7-10/h1-9,13H,15H2/t13-/m1/s1. The van der Waals surface area contributed by atoms with E-state index in [1.807, 2.05) is 54.6 Å². The molecule has 15 heavy (non-hydrogen) atoms. The summed E-state index contributed by atoms with van der Waals surface area (Å²) >= 11 is 3.51. The normalized spacial score (nSPS) is 12.4. The molecule has 0 aliphatic carbocycles. The van der Waals surface area contributed by atoms with E-state index in [2.05, 4.69) is 15.9 Å². The molecule has 0 aliphatic heterocycles. The Bertz CT molecular complexity index is 439. The molecule has 0 aromatic heterocycles. The van der Waals surface area contributed by atoms with Crippen molar-refractivity contribution >= 4 is 15.9 Å². The zero-order valence-corrected chi connectivity index (χ0v) is 9.81. The van der Waals surface area contributed by atoms with E-state index in [9.17, 15) is 0 Å². The maximum Gasteiger partial charge on any atom is 0.0562 e. The van der Waals surface area contributed by atoms with Crippen molar-refractivity contribution in [2.75, 3.05) is 0 Å². The van der Waals surface area contributed by atoms with Crippen LogP contribution in [0.1, 0.15) is 17.2 Å². The van der Waals surface area contributed by atoms with Crippen molar-refractivity contribution in [2.45, 2.75) is 6.04 Å². The van der Waals surface area contributed by atoms with Crippen molar-refractivity contribution in [3.63, 3.8) is 0 Å². The van der Waals surface area contributed by atoms with Crippen LogP contribution < -0.4 is 5.73 Å². The molecule has 0 radical (unpaired) electrons. The van der Waals surface area contributed by atoms with Crippen molar-refractivity contribution < 1.29 is 0 Å². The molecule has 0 bridgehead atoms. The Morgan fingerprint density at radius 3 is 2.13 bits per heavy atom. The SMILES string of the molecule is N[C@H](c1ccccc1)c1ccccc1Br. The highest BCUT2D eigenvalue weighted by atomic mass is 79.9. The molecular formula is C13H12BrN. The molecule has 0 unspecified atom stereocenters. The lowest BCUT2D eigenvalue weighted by molar-refractivity contribution is 0.866. The van der Waals surface area contributed by atoms with E-state index in [0.29, 0.717) is 0 Å². The average molecular weight is 262 g/mol. The Kier molecular flexibility index (Phi) is 3.19. The van der Waals surface area contributed by atoms with Crippen LogP contribution in [-0.4, -0.2) is 0 Å². The van der Waals surface area contributed by atoms with Crippen LogP contribution in [0.5, 0.6) is 0 Å². The monoisotopic (exact) mass is 261 g/mol. The van der Waals surface area contributed by atoms with Crippen molar-refractivity contribution in [2.24, 2.45) is 5.73 Å². The van der Waals surface area contributed by atoms with Gasteiger partial charge in [-0.25, -0.2) is 0 Å². The Labute approximate surface area is 98.1 Å². The van der Waals surface area contributed by atoms with Gasteiger partial charge in [-0.2, -0.15) is 0 Å². The van der Waals surface area contributed by atoms with Gasteiger partial charge in [-0.3, -0.25) is 0 Å². The first kappa shape index (κ1) is 10.4. The van der Waals surface area contributed by atoms with Crippen LogP contribution in [-0.2, 0) is 0 Å². The Morgan fingerprint density at radius 1 is 0.867 bits per heavy atom. The van der Waals surface area contributed by atoms with Crippen LogP contribution in [0.3, 0.4) is 0 Å². The summed E-state index contributed by atoms with van der Waals surface area (Å²) in [5.74, 6) is 0. The Balaban J connectivity index is 2.37. The minimum absolute atomic E-state index is 0.0678. The quantitative estimate of drug-likeness (QED) is 0.880. The molecule has 76 valence electrons. The van der Waals surface area contributed by atoms with E-state index in [0.717, 1.165) is 15.6 Å². The van der Waals surface area contributed by atoms with Gasteiger partial charge in [-0.15, -0.1) is 0 Å². The minimum Gasteiger partial charge on any atom is -0.320 e. The maximum atomic E-state index is 6.19. The molecule has 0 spiro atoms. The Morgan fingerprint density at radius 2 is 1.47 bits per heavy atom. The van der Waals surface area contributed by atoms with Gasteiger partial charge in [0.1, 0.15) is 0 Å². The summed E-state index contributed by atoms with van der Waals surface area (Å²) in [6.07, 6.45) is 0. The predicted molar refractivity (Wildman–Crippen MR) is 66.6 cm³/mol. The van der Waals surface area contributed by atoms with E-state index in [-0.39, 0.29) is 6.04 Å². The second-order valence-corrected chi connectivity index (χ2v) is 4.26. The number of hydrogen-bond acceptors (Lipinski definition) is 1. The van der Waals surface area contributed by atoms with Gasteiger partial charge in [0.2, 0.25) is 0 Å². The third-order valence-electron chi connectivity index (χ3n) is 2.40. The molecule has 0 aliphatic rings. The maximum absolute atomic E-state index is 6.19. The van der Waals surface area contributed by atoms with Gasteiger partial charge in [0.25, 0.3) is 0 Å². The molecule has 2 rings (SSSR count). The third-order valence-corrected chi connectivity index (χ3v) is 3.12. The van der Waals surface area contributed by atoms with Crippen molar-refractivity contribution in [1.29, 1.82) is 0 Å². The molecule has 0 saturated heterocycles. The van der Waals surface area contributed by atoms with E-state index in [1.54, 1.807) is 0 Å². The Hall–Kier alpha value is -1.12. The lowest BCUT2D eigenvalue weighted by Crippen LogP contribution is -2.12. The van der Waals surface area contributed by atoms with Crippen LogP contribution in [0, 0.1) is 0 Å². The summed E-state index contributed by atoms with van der Waals surface area (Å²) in [7, 11) is 0. The molecule has 2 aromatic carbocycles. The lowest BCUT2D eigenvalue weighted by Gasteiger charge is -2.13. The molecule has 1 atom stereocenters. The van der Waals surface area contributed by atoms with Crippen molar-refractivity contribution in [3.05, 3.63) is 70.2 Å². The predicted octanol–water partition coefficient (Wildman–Crippen LogP) is 3.50.